The van der Waals surface area contributed by atoms with Gasteiger partial charge in [-0.25, -0.2) is 0 Å². The van der Waals surface area contributed by atoms with Gasteiger partial charge in [0.25, 0.3) is 0 Å². The molecule has 0 aromatic heterocycles. The minimum absolute atomic E-state index is 0.0273. The lowest BCUT2D eigenvalue weighted by Crippen LogP contribution is -2.48. The first-order valence-corrected chi connectivity index (χ1v) is 5.97. The van der Waals surface area contributed by atoms with Gasteiger partial charge >= 0.3 is 0 Å². The zero-order valence-electron chi connectivity index (χ0n) is 10.5. The highest BCUT2D eigenvalue weighted by Crippen LogP contribution is 2.30. The van der Waals surface area contributed by atoms with Gasteiger partial charge < -0.3 is 14.8 Å². The third kappa shape index (κ3) is 3.42. The first kappa shape index (κ1) is 13.9. The fourth-order valence-electron chi connectivity index (χ4n) is 1.90. The smallest absolute Gasteiger partial charge is 0.240 e. The molecule has 1 rings (SSSR count). The molecule has 1 amide bonds. The summed E-state index contributed by atoms with van der Waals surface area (Å²) >= 11 is 0. The topological polar surface area (TPSA) is 71.3 Å². The molecule has 0 saturated carbocycles. The number of nitriles is 1. The molecule has 0 aromatic carbocycles. The predicted molar refractivity (Wildman–Crippen MR) is 62.2 cm³/mol. The van der Waals surface area contributed by atoms with Crippen molar-refractivity contribution in [3.05, 3.63) is 0 Å². The van der Waals surface area contributed by atoms with Crippen LogP contribution in [0.25, 0.3) is 0 Å². The maximum atomic E-state index is 12.2. The van der Waals surface area contributed by atoms with Crippen LogP contribution in [0.3, 0.4) is 0 Å². The van der Waals surface area contributed by atoms with Crippen LogP contribution in [0, 0.1) is 16.7 Å². The second kappa shape index (κ2) is 6.58. The first-order valence-electron chi connectivity index (χ1n) is 5.97. The summed E-state index contributed by atoms with van der Waals surface area (Å²) in [6.45, 7) is 3.40. The van der Waals surface area contributed by atoms with Crippen LogP contribution in [0.5, 0.6) is 0 Å². The first-order chi connectivity index (χ1) is 8.18. The summed E-state index contributed by atoms with van der Waals surface area (Å²) in [5.74, 6) is -0.188. The normalized spacial score (nSPS) is 20.3. The van der Waals surface area contributed by atoms with Crippen molar-refractivity contribution in [2.24, 2.45) is 5.41 Å². The summed E-state index contributed by atoms with van der Waals surface area (Å²) in [5.41, 5.74) is -0.917. The summed E-state index contributed by atoms with van der Waals surface area (Å²) in [6, 6.07) is 2.13. The molecular formula is C12H20N2O3. The Morgan fingerprint density at radius 1 is 1.59 bits per heavy atom. The Morgan fingerprint density at radius 3 is 2.71 bits per heavy atom. The molecule has 0 spiro atoms. The van der Waals surface area contributed by atoms with Gasteiger partial charge in [0, 0.05) is 20.3 Å². The van der Waals surface area contributed by atoms with Crippen LogP contribution in [-0.4, -0.2) is 38.9 Å². The third-order valence-corrected chi connectivity index (χ3v) is 3.19. The van der Waals surface area contributed by atoms with Crippen molar-refractivity contribution in [2.45, 2.75) is 32.2 Å². The minimum Gasteiger partial charge on any atom is -0.383 e. The number of carbonyl (C=O) groups excluding carboxylic acids is 1. The number of hydrogen-bond acceptors (Lipinski definition) is 4. The molecule has 1 aliphatic rings. The van der Waals surface area contributed by atoms with Gasteiger partial charge in [0.15, 0.2) is 0 Å². The van der Waals surface area contributed by atoms with E-state index >= 15 is 0 Å². The minimum atomic E-state index is -0.917. The van der Waals surface area contributed by atoms with E-state index in [2.05, 4.69) is 11.4 Å². The van der Waals surface area contributed by atoms with Gasteiger partial charge in [-0.2, -0.15) is 5.26 Å². The third-order valence-electron chi connectivity index (χ3n) is 3.19. The van der Waals surface area contributed by atoms with E-state index in [1.807, 2.05) is 6.92 Å². The lowest BCUT2D eigenvalue weighted by molar-refractivity contribution is -0.133. The van der Waals surface area contributed by atoms with Gasteiger partial charge in [0.1, 0.15) is 5.41 Å². The van der Waals surface area contributed by atoms with E-state index < -0.39 is 5.41 Å². The van der Waals surface area contributed by atoms with Crippen molar-refractivity contribution >= 4 is 5.91 Å². The van der Waals surface area contributed by atoms with E-state index in [4.69, 9.17) is 9.47 Å². The maximum Gasteiger partial charge on any atom is 0.240 e. The predicted octanol–water partition coefficient (Wildman–Crippen LogP) is 0.848. The molecule has 1 N–H and O–H groups in total. The summed E-state index contributed by atoms with van der Waals surface area (Å²) < 4.78 is 10.2. The van der Waals surface area contributed by atoms with E-state index in [9.17, 15) is 10.1 Å². The Balaban J connectivity index is 2.63. The molecule has 1 saturated heterocycles. The van der Waals surface area contributed by atoms with E-state index in [0.717, 1.165) is 6.42 Å². The average Bonchev–Trinajstić information content (AvgIpc) is 2.38. The molecule has 1 fully saturated rings. The number of nitrogens with zero attached hydrogens (tertiary/aromatic N) is 1. The Hall–Kier alpha value is -1.12. The van der Waals surface area contributed by atoms with Crippen LogP contribution in [0.15, 0.2) is 0 Å². The summed E-state index contributed by atoms with van der Waals surface area (Å²) in [6.07, 6.45) is 1.73. The van der Waals surface area contributed by atoms with E-state index in [1.165, 1.54) is 0 Å². The number of carbonyl (C=O) groups is 1. The van der Waals surface area contributed by atoms with Crippen molar-refractivity contribution < 1.29 is 14.3 Å². The maximum absolute atomic E-state index is 12.2. The molecular weight excluding hydrogens is 220 g/mol. The van der Waals surface area contributed by atoms with Crippen LogP contribution in [0.2, 0.25) is 0 Å². The molecule has 5 heteroatoms. The molecule has 0 aliphatic carbocycles. The number of amides is 1. The lowest BCUT2D eigenvalue weighted by atomic mass is 9.80. The van der Waals surface area contributed by atoms with Gasteiger partial charge in [-0.05, 0) is 19.3 Å². The highest BCUT2D eigenvalue weighted by atomic mass is 16.5. The van der Waals surface area contributed by atoms with E-state index in [-0.39, 0.29) is 11.9 Å². The Bertz CT molecular complexity index is 293. The number of hydrogen-bond donors (Lipinski definition) is 1. The summed E-state index contributed by atoms with van der Waals surface area (Å²) in [5, 5.41) is 12.1. The van der Waals surface area contributed by atoms with Crippen molar-refractivity contribution in [3.8, 4) is 6.07 Å². The largest absolute Gasteiger partial charge is 0.383 e. The molecule has 96 valence electrons. The molecule has 1 aliphatic heterocycles. The van der Waals surface area contributed by atoms with Crippen molar-refractivity contribution in [1.29, 1.82) is 5.26 Å². The molecule has 0 bridgehead atoms. The standard InChI is InChI=1S/C12H20N2O3/c1-3-10(8-16-2)14-11(15)12(9-13)4-6-17-7-5-12/h10H,3-8H2,1-2H3,(H,14,15). The Labute approximate surface area is 102 Å². The van der Waals surface area contributed by atoms with Gasteiger partial charge in [0.05, 0.1) is 18.7 Å². The van der Waals surface area contributed by atoms with Crippen molar-refractivity contribution in [3.63, 3.8) is 0 Å². The van der Waals surface area contributed by atoms with Gasteiger partial charge in [-0.1, -0.05) is 6.92 Å². The monoisotopic (exact) mass is 240 g/mol. The molecule has 17 heavy (non-hydrogen) atoms. The second-order valence-corrected chi connectivity index (χ2v) is 4.34. The Morgan fingerprint density at radius 2 is 2.24 bits per heavy atom. The summed E-state index contributed by atoms with van der Waals surface area (Å²) in [7, 11) is 1.60. The highest BCUT2D eigenvalue weighted by Gasteiger charge is 2.40. The zero-order valence-corrected chi connectivity index (χ0v) is 10.5. The SMILES string of the molecule is CCC(COC)NC(=O)C1(C#N)CCOCC1. The van der Waals surface area contributed by atoms with Crippen LogP contribution in [-0.2, 0) is 14.3 Å². The van der Waals surface area contributed by atoms with Crippen molar-refractivity contribution in [2.75, 3.05) is 26.9 Å². The second-order valence-electron chi connectivity index (χ2n) is 4.34. The van der Waals surface area contributed by atoms with Crippen molar-refractivity contribution in [1.82, 2.24) is 5.32 Å². The molecule has 5 nitrogen and oxygen atoms in total. The van der Waals surface area contributed by atoms with Gasteiger partial charge in [-0.3, -0.25) is 4.79 Å². The fraction of sp³-hybridized carbons (Fsp3) is 0.833. The van der Waals surface area contributed by atoms with Crippen LogP contribution >= 0.6 is 0 Å². The lowest BCUT2D eigenvalue weighted by Gasteiger charge is -2.30. The molecule has 0 aromatic rings. The van der Waals surface area contributed by atoms with E-state index in [0.29, 0.717) is 32.7 Å². The quantitative estimate of drug-likeness (QED) is 0.773. The molecule has 1 atom stereocenters. The van der Waals surface area contributed by atoms with E-state index in [1.54, 1.807) is 7.11 Å². The van der Waals surface area contributed by atoms with Gasteiger partial charge in [-0.15, -0.1) is 0 Å². The number of methoxy groups -OCH3 is 1. The molecule has 1 unspecified atom stereocenters. The highest BCUT2D eigenvalue weighted by molar-refractivity contribution is 5.85. The van der Waals surface area contributed by atoms with Crippen LogP contribution in [0.1, 0.15) is 26.2 Å². The fourth-order valence-corrected chi connectivity index (χ4v) is 1.90. The number of nitrogens with one attached hydrogen (secondary N) is 1. The summed E-state index contributed by atoms with van der Waals surface area (Å²) in [4.78, 5) is 12.2. The molecule has 0 radical (unpaired) electrons. The van der Waals surface area contributed by atoms with Gasteiger partial charge in [0.2, 0.25) is 5.91 Å². The average molecular weight is 240 g/mol. The Kier molecular flexibility index (Phi) is 5.39. The number of rotatable bonds is 5. The van der Waals surface area contributed by atoms with Crippen LogP contribution in [0.4, 0.5) is 0 Å². The zero-order chi connectivity index (χ0) is 12.7. The van der Waals surface area contributed by atoms with Crippen LogP contribution < -0.4 is 5.32 Å². The molecule has 1 heterocycles. The number of ether oxygens (including phenoxy) is 2.